The Bertz CT molecular complexity index is 546. The maximum absolute atomic E-state index is 11.3. The highest BCUT2D eigenvalue weighted by atomic mass is 32.1. The van der Waals surface area contributed by atoms with Crippen LogP contribution in [0.25, 0.3) is 10.7 Å². The van der Waals surface area contributed by atoms with Gasteiger partial charge >= 0.3 is 0 Å². The lowest BCUT2D eigenvalue weighted by molar-refractivity contribution is 0.102. The molecule has 0 saturated heterocycles. The molecular formula is C12H12N2OS. The third kappa shape index (κ3) is 2.02. The van der Waals surface area contributed by atoms with Crippen molar-refractivity contribution in [3.05, 3.63) is 34.5 Å². The van der Waals surface area contributed by atoms with Gasteiger partial charge in [0, 0.05) is 13.1 Å². The summed E-state index contributed by atoms with van der Waals surface area (Å²) in [6.45, 7) is 5.43. The molecule has 0 unspecified atom stereocenters. The number of ketones is 1. The Hall–Kier alpha value is -1.55. The van der Waals surface area contributed by atoms with Gasteiger partial charge in [0.05, 0.1) is 16.3 Å². The van der Waals surface area contributed by atoms with Crippen LogP contribution in [0.4, 0.5) is 0 Å². The highest BCUT2D eigenvalue weighted by molar-refractivity contribution is 7.17. The first kappa shape index (κ1) is 11.0. The first-order valence-corrected chi connectivity index (χ1v) is 5.81. The van der Waals surface area contributed by atoms with E-state index in [9.17, 15) is 4.79 Å². The van der Waals surface area contributed by atoms with E-state index in [-0.39, 0.29) is 5.78 Å². The molecule has 0 amide bonds. The van der Waals surface area contributed by atoms with Crippen LogP contribution in [0.3, 0.4) is 0 Å². The van der Waals surface area contributed by atoms with E-state index in [0.717, 1.165) is 26.8 Å². The largest absolute Gasteiger partial charge is 0.294 e. The summed E-state index contributed by atoms with van der Waals surface area (Å²) >= 11 is 1.41. The van der Waals surface area contributed by atoms with E-state index in [4.69, 9.17) is 0 Å². The Labute approximate surface area is 98.2 Å². The lowest BCUT2D eigenvalue weighted by atomic mass is 10.2. The van der Waals surface area contributed by atoms with Crippen molar-refractivity contribution >= 4 is 17.1 Å². The van der Waals surface area contributed by atoms with Crippen molar-refractivity contribution in [1.82, 2.24) is 9.97 Å². The average molecular weight is 232 g/mol. The van der Waals surface area contributed by atoms with E-state index in [0.29, 0.717) is 0 Å². The summed E-state index contributed by atoms with van der Waals surface area (Å²) < 4.78 is 0. The van der Waals surface area contributed by atoms with Gasteiger partial charge in [0.25, 0.3) is 0 Å². The smallest absolute Gasteiger partial charge is 0.171 e. The molecule has 0 fully saturated rings. The summed E-state index contributed by atoms with van der Waals surface area (Å²) in [5.74, 6) is 0.0638. The van der Waals surface area contributed by atoms with Gasteiger partial charge in [-0.05, 0) is 31.5 Å². The average Bonchev–Trinajstić information content (AvgIpc) is 2.60. The summed E-state index contributed by atoms with van der Waals surface area (Å²) in [6, 6.07) is 3.91. The van der Waals surface area contributed by atoms with Crippen molar-refractivity contribution in [2.24, 2.45) is 0 Å². The zero-order valence-corrected chi connectivity index (χ0v) is 10.3. The fourth-order valence-corrected chi connectivity index (χ4v) is 2.41. The maximum atomic E-state index is 11.3. The molecule has 0 aliphatic carbocycles. The predicted molar refractivity (Wildman–Crippen MR) is 64.8 cm³/mol. The van der Waals surface area contributed by atoms with Crippen LogP contribution in [0.5, 0.6) is 0 Å². The number of Topliss-reactive ketones (excluding diaryl/α,β-unsaturated/α-hetero) is 1. The second kappa shape index (κ2) is 4.14. The molecule has 4 heteroatoms. The SMILES string of the molecule is CC(=O)c1sc(-c2cc(C)ccn2)nc1C. The molecular weight excluding hydrogens is 220 g/mol. The fraction of sp³-hybridized carbons (Fsp3) is 0.250. The third-order valence-electron chi connectivity index (χ3n) is 2.25. The Morgan fingerprint density at radius 3 is 2.69 bits per heavy atom. The number of aryl methyl sites for hydroxylation is 2. The number of nitrogens with zero attached hydrogens (tertiary/aromatic N) is 2. The van der Waals surface area contributed by atoms with Gasteiger partial charge in [0.15, 0.2) is 5.78 Å². The Balaban J connectivity index is 2.49. The third-order valence-corrected chi connectivity index (χ3v) is 3.53. The van der Waals surface area contributed by atoms with Crippen LogP contribution >= 0.6 is 11.3 Å². The van der Waals surface area contributed by atoms with Crippen molar-refractivity contribution < 1.29 is 4.79 Å². The molecule has 2 aromatic rings. The second-order valence-corrected chi connectivity index (χ2v) is 4.71. The molecule has 0 spiro atoms. The minimum atomic E-state index is 0.0638. The van der Waals surface area contributed by atoms with E-state index >= 15 is 0 Å². The summed E-state index contributed by atoms with van der Waals surface area (Å²) in [5.41, 5.74) is 2.76. The van der Waals surface area contributed by atoms with Crippen LogP contribution in [0.1, 0.15) is 27.9 Å². The lowest BCUT2D eigenvalue weighted by Crippen LogP contribution is -1.89. The number of aromatic nitrogens is 2. The van der Waals surface area contributed by atoms with Crippen molar-refractivity contribution in [3.8, 4) is 10.7 Å². The molecule has 2 aromatic heterocycles. The molecule has 0 radical (unpaired) electrons. The van der Waals surface area contributed by atoms with E-state index in [1.165, 1.54) is 11.3 Å². The number of thiazole rings is 1. The number of carbonyl (C=O) groups is 1. The monoisotopic (exact) mass is 232 g/mol. The molecule has 3 nitrogen and oxygen atoms in total. The van der Waals surface area contributed by atoms with Crippen LogP contribution in [0, 0.1) is 13.8 Å². The minimum Gasteiger partial charge on any atom is -0.294 e. The molecule has 2 heterocycles. The van der Waals surface area contributed by atoms with Gasteiger partial charge < -0.3 is 0 Å². The molecule has 16 heavy (non-hydrogen) atoms. The van der Waals surface area contributed by atoms with Crippen LogP contribution in [0.2, 0.25) is 0 Å². The fourth-order valence-electron chi connectivity index (χ4n) is 1.49. The first-order chi connectivity index (χ1) is 7.58. The molecule has 0 aliphatic heterocycles. The van der Waals surface area contributed by atoms with Gasteiger partial charge in [-0.3, -0.25) is 9.78 Å². The quantitative estimate of drug-likeness (QED) is 0.747. The van der Waals surface area contributed by atoms with Gasteiger partial charge in [-0.1, -0.05) is 0 Å². The van der Waals surface area contributed by atoms with Crippen molar-refractivity contribution in [2.75, 3.05) is 0 Å². The van der Waals surface area contributed by atoms with E-state index in [1.807, 2.05) is 26.0 Å². The highest BCUT2D eigenvalue weighted by Crippen LogP contribution is 2.27. The lowest BCUT2D eigenvalue weighted by Gasteiger charge is -1.95. The van der Waals surface area contributed by atoms with E-state index in [2.05, 4.69) is 9.97 Å². The number of pyridine rings is 1. The number of carbonyl (C=O) groups excluding carboxylic acids is 1. The summed E-state index contributed by atoms with van der Waals surface area (Å²) in [6.07, 6.45) is 1.76. The highest BCUT2D eigenvalue weighted by Gasteiger charge is 2.13. The predicted octanol–water partition coefficient (Wildman–Crippen LogP) is 3.02. The Morgan fingerprint density at radius 1 is 1.38 bits per heavy atom. The summed E-state index contributed by atoms with van der Waals surface area (Å²) in [5, 5.41) is 0.811. The molecule has 82 valence electrons. The number of hydrogen-bond donors (Lipinski definition) is 0. The normalized spacial score (nSPS) is 10.4. The van der Waals surface area contributed by atoms with E-state index < -0.39 is 0 Å². The minimum absolute atomic E-state index is 0.0638. The molecule has 0 bridgehead atoms. The molecule has 0 saturated carbocycles. The summed E-state index contributed by atoms with van der Waals surface area (Å²) in [7, 11) is 0. The van der Waals surface area contributed by atoms with Crippen molar-refractivity contribution in [3.63, 3.8) is 0 Å². The van der Waals surface area contributed by atoms with Crippen LogP contribution in [-0.4, -0.2) is 15.8 Å². The van der Waals surface area contributed by atoms with E-state index in [1.54, 1.807) is 13.1 Å². The molecule has 0 atom stereocenters. The van der Waals surface area contributed by atoms with Crippen LogP contribution in [0.15, 0.2) is 18.3 Å². The van der Waals surface area contributed by atoms with Crippen molar-refractivity contribution in [1.29, 1.82) is 0 Å². The molecule has 0 N–H and O–H groups in total. The molecule has 0 aliphatic rings. The first-order valence-electron chi connectivity index (χ1n) is 4.99. The van der Waals surface area contributed by atoms with Crippen LogP contribution < -0.4 is 0 Å². The Kier molecular flexibility index (Phi) is 2.83. The maximum Gasteiger partial charge on any atom is 0.171 e. The van der Waals surface area contributed by atoms with Crippen molar-refractivity contribution in [2.45, 2.75) is 20.8 Å². The zero-order valence-electron chi connectivity index (χ0n) is 9.44. The number of hydrogen-bond acceptors (Lipinski definition) is 4. The van der Waals surface area contributed by atoms with Gasteiger partial charge in [0.1, 0.15) is 5.01 Å². The standard InChI is InChI=1S/C12H12N2OS/c1-7-4-5-13-10(6-7)12-14-8(2)11(16-12)9(3)15/h4-6H,1-3H3. The topological polar surface area (TPSA) is 42.9 Å². The zero-order chi connectivity index (χ0) is 11.7. The van der Waals surface area contributed by atoms with Gasteiger partial charge in [-0.25, -0.2) is 4.98 Å². The molecule has 0 aromatic carbocycles. The summed E-state index contributed by atoms with van der Waals surface area (Å²) in [4.78, 5) is 20.7. The Morgan fingerprint density at radius 2 is 2.12 bits per heavy atom. The number of rotatable bonds is 2. The van der Waals surface area contributed by atoms with Gasteiger partial charge in [-0.2, -0.15) is 0 Å². The second-order valence-electron chi connectivity index (χ2n) is 3.71. The van der Waals surface area contributed by atoms with Gasteiger partial charge in [0.2, 0.25) is 0 Å². The van der Waals surface area contributed by atoms with Crippen LogP contribution in [-0.2, 0) is 0 Å². The molecule has 2 rings (SSSR count). The van der Waals surface area contributed by atoms with Gasteiger partial charge in [-0.15, -0.1) is 11.3 Å².